The number of likely N-dealkylation sites (N-methyl/N-ethyl adjacent to an activating group) is 1. The minimum Gasteiger partial charge on any atom is -0.444 e. The molecule has 0 radical (unpaired) electrons. The van der Waals surface area contributed by atoms with Gasteiger partial charge in [-0.15, -0.1) is 12.4 Å². The molecule has 1 amide bonds. The van der Waals surface area contributed by atoms with Crippen molar-refractivity contribution in [2.75, 3.05) is 13.1 Å². The number of halogens is 1. The zero-order valence-corrected chi connectivity index (χ0v) is 13.0. The van der Waals surface area contributed by atoms with Gasteiger partial charge in [0, 0.05) is 12.6 Å². The van der Waals surface area contributed by atoms with Gasteiger partial charge in [0.2, 0.25) is 0 Å². The first-order valence-corrected chi connectivity index (χ1v) is 7.51. The summed E-state index contributed by atoms with van der Waals surface area (Å²) in [6.45, 7) is 3.40. The third-order valence-corrected chi connectivity index (χ3v) is 4.50. The second-order valence-corrected chi connectivity index (χ2v) is 5.81. The number of hydrogen-bond acceptors (Lipinski definition) is 4. The molecule has 20 heavy (non-hydrogen) atoms. The lowest BCUT2D eigenvalue weighted by Crippen LogP contribution is -2.44. The fourth-order valence-corrected chi connectivity index (χ4v) is 3.22. The molecule has 0 spiro atoms. The van der Waals surface area contributed by atoms with Crippen LogP contribution in [0.5, 0.6) is 0 Å². The SMILES string of the molecule is CCN1C[C@@H](CCCC2CCCC(O)C2N)OC1=O.Cl. The van der Waals surface area contributed by atoms with Crippen LogP contribution >= 0.6 is 12.4 Å². The summed E-state index contributed by atoms with van der Waals surface area (Å²) in [5.74, 6) is 0.420. The van der Waals surface area contributed by atoms with Crippen LogP contribution < -0.4 is 5.73 Å². The van der Waals surface area contributed by atoms with Gasteiger partial charge in [0.25, 0.3) is 0 Å². The van der Waals surface area contributed by atoms with E-state index in [0.29, 0.717) is 12.5 Å². The highest BCUT2D eigenvalue weighted by Crippen LogP contribution is 2.28. The van der Waals surface area contributed by atoms with Crippen molar-refractivity contribution in [1.82, 2.24) is 4.90 Å². The molecular formula is C14H27ClN2O3. The van der Waals surface area contributed by atoms with Crippen molar-refractivity contribution in [1.29, 1.82) is 0 Å². The number of nitrogens with two attached hydrogens (primary N) is 1. The Balaban J connectivity index is 0.00000200. The molecule has 2 aliphatic rings. The Morgan fingerprint density at radius 3 is 2.80 bits per heavy atom. The Labute approximate surface area is 127 Å². The van der Waals surface area contributed by atoms with Gasteiger partial charge in [-0.25, -0.2) is 4.79 Å². The standard InChI is InChI=1S/C14H26N2O3.ClH/c1-2-16-9-11(19-14(16)18)7-3-5-10-6-4-8-12(17)13(10)15;/h10-13,17H,2-9,15H2,1H3;1H/t10?,11-,12?,13?;/m1./s1. The second-order valence-electron chi connectivity index (χ2n) is 5.81. The van der Waals surface area contributed by atoms with Crippen molar-refractivity contribution < 1.29 is 14.6 Å². The van der Waals surface area contributed by atoms with Gasteiger partial charge in [0.05, 0.1) is 12.6 Å². The topological polar surface area (TPSA) is 75.8 Å². The number of cyclic esters (lactones) is 1. The number of hydrogen-bond donors (Lipinski definition) is 2. The van der Waals surface area contributed by atoms with Gasteiger partial charge in [-0.2, -0.15) is 0 Å². The first kappa shape index (κ1) is 17.5. The molecule has 1 aliphatic heterocycles. The summed E-state index contributed by atoms with van der Waals surface area (Å²) < 4.78 is 5.31. The predicted molar refractivity (Wildman–Crippen MR) is 79.9 cm³/mol. The summed E-state index contributed by atoms with van der Waals surface area (Å²) in [4.78, 5) is 13.2. The van der Waals surface area contributed by atoms with E-state index in [-0.39, 0.29) is 36.8 Å². The van der Waals surface area contributed by atoms with Gasteiger partial charge >= 0.3 is 6.09 Å². The maximum atomic E-state index is 11.4. The van der Waals surface area contributed by atoms with Gasteiger partial charge in [-0.3, -0.25) is 0 Å². The summed E-state index contributed by atoms with van der Waals surface area (Å²) in [7, 11) is 0. The number of amides is 1. The molecule has 6 heteroatoms. The quantitative estimate of drug-likeness (QED) is 0.813. The molecule has 1 saturated heterocycles. The van der Waals surface area contributed by atoms with Crippen LogP contribution in [0, 0.1) is 5.92 Å². The number of ether oxygens (including phenoxy) is 1. The Bertz CT molecular complexity index is 317. The summed E-state index contributed by atoms with van der Waals surface area (Å²) in [5, 5.41) is 9.76. The summed E-state index contributed by atoms with van der Waals surface area (Å²) in [5.41, 5.74) is 6.04. The first-order chi connectivity index (χ1) is 9.11. The van der Waals surface area contributed by atoms with E-state index in [2.05, 4.69) is 0 Å². The molecule has 0 aromatic rings. The average molecular weight is 307 g/mol. The van der Waals surface area contributed by atoms with Gasteiger partial charge in [-0.05, 0) is 44.9 Å². The molecular weight excluding hydrogens is 280 g/mol. The van der Waals surface area contributed by atoms with Crippen LogP contribution in [-0.2, 0) is 4.74 Å². The molecule has 1 aliphatic carbocycles. The molecule has 118 valence electrons. The second kappa shape index (κ2) is 8.05. The fraction of sp³-hybridized carbons (Fsp3) is 0.929. The van der Waals surface area contributed by atoms with Gasteiger partial charge in [-0.1, -0.05) is 6.42 Å². The largest absolute Gasteiger partial charge is 0.444 e. The number of nitrogens with zero attached hydrogens (tertiary/aromatic N) is 1. The number of aliphatic hydroxyl groups is 1. The van der Waals surface area contributed by atoms with E-state index >= 15 is 0 Å². The molecule has 2 fully saturated rings. The smallest absolute Gasteiger partial charge is 0.410 e. The van der Waals surface area contributed by atoms with Crippen molar-refractivity contribution in [2.24, 2.45) is 11.7 Å². The van der Waals surface area contributed by atoms with Crippen LogP contribution in [-0.4, -0.2) is 47.4 Å². The summed E-state index contributed by atoms with van der Waals surface area (Å²) in [6.07, 6.45) is 5.49. The molecule has 3 N–H and O–H groups in total. The molecule has 4 atom stereocenters. The Morgan fingerprint density at radius 1 is 1.40 bits per heavy atom. The lowest BCUT2D eigenvalue weighted by atomic mass is 9.80. The summed E-state index contributed by atoms with van der Waals surface area (Å²) >= 11 is 0. The van der Waals surface area contributed by atoms with Crippen LogP contribution in [0.1, 0.15) is 45.4 Å². The third kappa shape index (κ3) is 4.24. The van der Waals surface area contributed by atoms with Crippen LogP contribution in [0.15, 0.2) is 0 Å². The van der Waals surface area contributed by atoms with Gasteiger partial charge < -0.3 is 20.5 Å². The molecule has 1 heterocycles. The van der Waals surface area contributed by atoms with E-state index < -0.39 is 0 Å². The average Bonchev–Trinajstić information content (AvgIpc) is 2.75. The number of aliphatic hydroxyl groups excluding tert-OH is 1. The lowest BCUT2D eigenvalue weighted by Gasteiger charge is -2.33. The normalized spacial score (nSPS) is 33.8. The number of carbonyl (C=O) groups excluding carboxylic acids is 1. The van der Waals surface area contributed by atoms with E-state index in [1.807, 2.05) is 6.92 Å². The van der Waals surface area contributed by atoms with E-state index in [9.17, 15) is 9.90 Å². The maximum absolute atomic E-state index is 11.4. The van der Waals surface area contributed by atoms with Crippen LogP contribution in [0.4, 0.5) is 4.79 Å². The van der Waals surface area contributed by atoms with Crippen LogP contribution in [0.3, 0.4) is 0 Å². The van der Waals surface area contributed by atoms with E-state index in [1.165, 1.54) is 0 Å². The van der Waals surface area contributed by atoms with E-state index in [1.54, 1.807) is 4.90 Å². The van der Waals surface area contributed by atoms with Crippen molar-refractivity contribution in [2.45, 2.75) is 63.7 Å². The van der Waals surface area contributed by atoms with Crippen molar-refractivity contribution in [3.8, 4) is 0 Å². The fourth-order valence-electron chi connectivity index (χ4n) is 3.22. The van der Waals surface area contributed by atoms with E-state index in [4.69, 9.17) is 10.5 Å². The Morgan fingerprint density at radius 2 is 2.15 bits per heavy atom. The van der Waals surface area contributed by atoms with Crippen molar-refractivity contribution >= 4 is 18.5 Å². The highest BCUT2D eigenvalue weighted by atomic mass is 35.5. The van der Waals surface area contributed by atoms with Crippen LogP contribution in [0.25, 0.3) is 0 Å². The number of carbonyl (C=O) groups is 1. The predicted octanol–water partition coefficient (Wildman–Crippen LogP) is 1.91. The van der Waals surface area contributed by atoms with E-state index in [0.717, 1.165) is 45.1 Å². The summed E-state index contributed by atoms with van der Waals surface area (Å²) in [6, 6.07) is -0.0768. The molecule has 0 aromatic heterocycles. The minimum absolute atomic E-state index is 0. The van der Waals surface area contributed by atoms with Gasteiger partial charge in [0.15, 0.2) is 0 Å². The third-order valence-electron chi connectivity index (χ3n) is 4.50. The first-order valence-electron chi connectivity index (χ1n) is 7.51. The Kier molecular flexibility index (Phi) is 7.06. The van der Waals surface area contributed by atoms with Crippen molar-refractivity contribution in [3.63, 3.8) is 0 Å². The monoisotopic (exact) mass is 306 g/mol. The Hall–Kier alpha value is -0.520. The molecule has 5 nitrogen and oxygen atoms in total. The zero-order valence-electron chi connectivity index (χ0n) is 12.2. The minimum atomic E-state index is -0.335. The molecule has 0 aromatic carbocycles. The molecule has 0 bridgehead atoms. The molecule has 1 saturated carbocycles. The van der Waals surface area contributed by atoms with Crippen LogP contribution in [0.2, 0.25) is 0 Å². The number of rotatable bonds is 5. The zero-order chi connectivity index (χ0) is 13.8. The highest BCUT2D eigenvalue weighted by Gasteiger charge is 2.31. The molecule has 3 unspecified atom stereocenters. The van der Waals surface area contributed by atoms with Crippen molar-refractivity contribution in [3.05, 3.63) is 0 Å². The maximum Gasteiger partial charge on any atom is 0.410 e. The molecule has 2 rings (SSSR count). The van der Waals surface area contributed by atoms with Gasteiger partial charge in [0.1, 0.15) is 6.10 Å². The highest BCUT2D eigenvalue weighted by molar-refractivity contribution is 5.85. The lowest BCUT2D eigenvalue weighted by molar-refractivity contribution is 0.0707.